The summed E-state index contributed by atoms with van der Waals surface area (Å²) in [5.74, 6) is 0.801. The highest BCUT2D eigenvalue weighted by Crippen LogP contribution is 2.33. The molecule has 0 saturated heterocycles. The van der Waals surface area contributed by atoms with Crippen molar-refractivity contribution in [1.82, 2.24) is 20.2 Å². The molecule has 0 radical (unpaired) electrons. The molecule has 2 aromatic heterocycles. The minimum atomic E-state index is -4.50. The number of nitrogens with zero attached hydrogens (tertiary/aromatic N) is 4. The number of benzene rings is 2. The van der Waals surface area contributed by atoms with Crippen LogP contribution >= 0.6 is 11.6 Å². The van der Waals surface area contributed by atoms with Crippen molar-refractivity contribution in [2.45, 2.75) is 6.18 Å². The first kappa shape index (κ1) is 18.2. The van der Waals surface area contributed by atoms with E-state index in [0.29, 0.717) is 11.3 Å². The summed E-state index contributed by atoms with van der Waals surface area (Å²) in [5, 5.41) is 7.76. The lowest BCUT2D eigenvalue weighted by molar-refractivity contribution is -0.137. The van der Waals surface area contributed by atoms with Gasteiger partial charge in [-0.15, -0.1) is 10.2 Å². The fraction of sp³-hybridized carbons (Fsp3) is 0.111. The normalized spacial score (nSPS) is 11.8. The predicted molar refractivity (Wildman–Crippen MR) is 94.8 cm³/mol. The molecule has 4 rings (SSSR count). The number of aromatic nitrogens is 4. The Labute approximate surface area is 161 Å². The molecule has 2 heterocycles. The smallest absolute Gasteiger partial charge is 0.416 e. The van der Waals surface area contributed by atoms with Gasteiger partial charge >= 0.3 is 6.18 Å². The van der Waals surface area contributed by atoms with Gasteiger partial charge in [0.05, 0.1) is 23.7 Å². The SMILES string of the molecule is COc1ccc(-c2nnc(-c3nc4cc(C(F)(F)F)ccc4nc3Cl)o2)cc1. The first-order chi connectivity index (χ1) is 13.3. The summed E-state index contributed by atoms with van der Waals surface area (Å²) >= 11 is 6.12. The van der Waals surface area contributed by atoms with Crippen molar-refractivity contribution in [2.24, 2.45) is 0 Å². The van der Waals surface area contributed by atoms with Crippen LogP contribution in [0.15, 0.2) is 46.9 Å². The molecule has 142 valence electrons. The number of rotatable bonds is 3. The quantitative estimate of drug-likeness (QED) is 0.475. The molecule has 0 saturated carbocycles. The number of hydrogen-bond donors (Lipinski definition) is 0. The Balaban J connectivity index is 1.76. The lowest BCUT2D eigenvalue weighted by Crippen LogP contribution is -2.05. The van der Waals surface area contributed by atoms with E-state index >= 15 is 0 Å². The summed E-state index contributed by atoms with van der Waals surface area (Å²) in [6, 6.07) is 9.90. The van der Waals surface area contributed by atoms with E-state index in [2.05, 4.69) is 20.2 Å². The highest BCUT2D eigenvalue weighted by molar-refractivity contribution is 6.32. The highest BCUT2D eigenvalue weighted by Gasteiger charge is 2.31. The molecular formula is C18H10ClF3N4O2. The third-order valence-electron chi connectivity index (χ3n) is 3.91. The van der Waals surface area contributed by atoms with Gasteiger partial charge in [0.15, 0.2) is 10.8 Å². The van der Waals surface area contributed by atoms with Gasteiger partial charge in [-0.05, 0) is 42.5 Å². The van der Waals surface area contributed by atoms with Gasteiger partial charge in [0.25, 0.3) is 5.89 Å². The number of alkyl halides is 3. The van der Waals surface area contributed by atoms with Crippen LogP contribution in [0.3, 0.4) is 0 Å². The molecule has 0 aliphatic heterocycles. The summed E-state index contributed by atoms with van der Waals surface area (Å²) in [7, 11) is 1.55. The van der Waals surface area contributed by atoms with Crippen LogP contribution in [0.1, 0.15) is 5.56 Å². The second kappa shape index (κ2) is 6.75. The van der Waals surface area contributed by atoms with E-state index in [-0.39, 0.29) is 33.7 Å². The van der Waals surface area contributed by atoms with Crippen LogP contribution in [-0.4, -0.2) is 27.3 Å². The van der Waals surface area contributed by atoms with Crippen LogP contribution in [0.4, 0.5) is 13.2 Å². The molecule has 0 fully saturated rings. The lowest BCUT2D eigenvalue weighted by atomic mass is 10.2. The molecule has 0 bridgehead atoms. The Bertz CT molecular complexity index is 1160. The maximum Gasteiger partial charge on any atom is 0.416 e. The maximum absolute atomic E-state index is 12.9. The van der Waals surface area contributed by atoms with E-state index in [1.807, 2.05) is 0 Å². The van der Waals surface area contributed by atoms with Crippen LogP contribution in [-0.2, 0) is 6.18 Å². The summed E-state index contributed by atoms with van der Waals surface area (Å²) in [4.78, 5) is 8.21. The van der Waals surface area contributed by atoms with E-state index in [1.54, 1.807) is 31.4 Å². The molecule has 10 heteroatoms. The number of methoxy groups -OCH3 is 1. The highest BCUT2D eigenvalue weighted by atomic mass is 35.5. The fourth-order valence-corrected chi connectivity index (χ4v) is 2.73. The maximum atomic E-state index is 12.9. The second-order valence-electron chi connectivity index (χ2n) is 5.71. The summed E-state index contributed by atoms with van der Waals surface area (Å²) in [6.45, 7) is 0. The van der Waals surface area contributed by atoms with Gasteiger partial charge in [0.1, 0.15) is 5.75 Å². The van der Waals surface area contributed by atoms with Crippen molar-refractivity contribution >= 4 is 22.6 Å². The number of ether oxygens (including phenoxy) is 1. The zero-order valence-electron chi connectivity index (χ0n) is 14.2. The molecule has 2 aromatic carbocycles. The number of hydrogen-bond acceptors (Lipinski definition) is 6. The van der Waals surface area contributed by atoms with E-state index < -0.39 is 11.7 Å². The van der Waals surface area contributed by atoms with Gasteiger partial charge in [-0.3, -0.25) is 0 Å². The lowest BCUT2D eigenvalue weighted by Gasteiger charge is -2.08. The summed E-state index contributed by atoms with van der Waals surface area (Å²) < 4.78 is 49.5. The van der Waals surface area contributed by atoms with Crippen molar-refractivity contribution < 1.29 is 22.3 Å². The fourth-order valence-electron chi connectivity index (χ4n) is 2.51. The minimum Gasteiger partial charge on any atom is -0.497 e. The Morgan fingerprint density at radius 1 is 0.929 bits per heavy atom. The van der Waals surface area contributed by atoms with E-state index in [4.69, 9.17) is 20.8 Å². The van der Waals surface area contributed by atoms with Gasteiger partial charge in [0.2, 0.25) is 5.89 Å². The van der Waals surface area contributed by atoms with Gasteiger partial charge in [-0.1, -0.05) is 11.6 Å². The van der Waals surface area contributed by atoms with Gasteiger partial charge in [-0.2, -0.15) is 13.2 Å². The van der Waals surface area contributed by atoms with Gasteiger partial charge in [-0.25, -0.2) is 9.97 Å². The Morgan fingerprint density at radius 3 is 2.32 bits per heavy atom. The molecule has 6 nitrogen and oxygen atoms in total. The minimum absolute atomic E-state index is 0.000697. The Hall–Kier alpha value is -3.20. The van der Waals surface area contributed by atoms with Crippen molar-refractivity contribution in [3.63, 3.8) is 0 Å². The molecular weight excluding hydrogens is 397 g/mol. The monoisotopic (exact) mass is 406 g/mol. The van der Waals surface area contributed by atoms with E-state index in [1.165, 1.54) is 6.07 Å². The van der Waals surface area contributed by atoms with Crippen molar-refractivity contribution in [3.05, 3.63) is 53.2 Å². The van der Waals surface area contributed by atoms with Crippen LogP contribution in [0.5, 0.6) is 5.75 Å². The molecule has 4 aromatic rings. The van der Waals surface area contributed by atoms with E-state index in [9.17, 15) is 13.2 Å². The Kier molecular flexibility index (Phi) is 4.38. The number of fused-ring (bicyclic) bond motifs is 1. The van der Waals surface area contributed by atoms with Crippen LogP contribution in [0.25, 0.3) is 34.1 Å². The standard InChI is InChI=1S/C18H10ClF3N4O2/c1-27-11-5-2-9(3-6-11)16-25-26-17(28-16)14-15(19)24-12-7-4-10(18(20,21)22)8-13(12)23-14/h2-8H,1H3. The summed E-state index contributed by atoms with van der Waals surface area (Å²) in [5.41, 5.74) is 0.0200. The van der Waals surface area contributed by atoms with Crippen LogP contribution in [0, 0.1) is 0 Å². The molecule has 28 heavy (non-hydrogen) atoms. The Morgan fingerprint density at radius 2 is 1.64 bits per heavy atom. The van der Waals surface area contributed by atoms with Crippen molar-refractivity contribution in [1.29, 1.82) is 0 Å². The van der Waals surface area contributed by atoms with Crippen molar-refractivity contribution in [3.8, 4) is 28.8 Å². The van der Waals surface area contributed by atoms with Crippen LogP contribution < -0.4 is 4.74 Å². The molecule has 0 unspecified atom stereocenters. The van der Waals surface area contributed by atoms with Gasteiger partial charge in [0, 0.05) is 5.56 Å². The van der Waals surface area contributed by atoms with Crippen LogP contribution in [0.2, 0.25) is 5.15 Å². The average molecular weight is 407 g/mol. The first-order valence-electron chi connectivity index (χ1n) is 7.88. The molecule has 0 spiro atoms. The predicted octanol–water partition coefficient (Wildman–Crippen LogP) is 5.03. The zero-order valence-corrected chi connectivity index (χ0v) is 14.9. The molecule has 0 aliphatic rings. The third-order valence-corrected chi connectivity index (χ3v) is 4.18. The summed E-state index contributed by atoms with van der Waals surface area (Å²) in [6.07, 6.45) is -4.50. The van der Waals surface area contributed by atoms with Crippen molar-refractivity contribution in [2.75, 3.05) is 7.11 Å². The topological polar surface area (TPSA) is 73.9 Å². The molecule has 0 atom stereocenters. The molecule has 0 aliphatic carbocycles. The molecule has 0 N–H and O–H groups in total. The largest absolute Gasteiger partial charge is 0.497 e. The van der Waals surface area contributed by atoms with E-state index in [0.717, 1.165) is 12.1 Å². The average Bonchev–Trinajstić information content (AvgIpc) is 3.16. The number of halogens is 4. The van der Waals surface area contributed by atoms with Gasteiger partial charge < -0.3 is 9.15 Å². The second-order valence-corrected chi connectivity index (χ2v) is 6.06. The first-order valence-corrected chi connectivity index (χ1v) is 8.26. The zero-order chi connectivity index (χ0) is 19.9. The third kappa shape index (κ3) is 3.36. The molecule has 0 amide bonds.